The maximum atomic E-state index is 11.9. The molecule has 24 heavy (non-hydrogen) atoms. The van der Waals surface area contributed by atoms with Gasteiger partial charge in [-0.2, -0.15) is 0 Å². The first-order chi connectivity index (χ1) is 11.0. The molecule has 2 fully saturated rings. The van der Waals surface area contributed by atoms with E-state index in [-0.39, 0.29) is 29.1 Å². The van der Waals surface area contributed by atoms with Gasteiger partial charge in [-0.25, -0.2) is 0 Å². The molecule has 0 aromatic rings. The number of carboxylic acid groups (broad SMARTS) is 2. The summed E-state index contributed by atoms with van der Waals surface area (Å²) in [5.41, 5.74) is -1.07. The van der Waals surface area contributed by atoms with Crippen LogP contribution in [0, 0.1) is 33.5 Å². The molecule has 4 nitrogen and oxygen atoms in total. The number of allylic oxidation sites excluding steroid dienone is 2. The molecule has 4 heteroatoms. The Kier molecular flexibility index (Phi) is 3.71. The second-order valence-corrected chi connectivity index (χ2v) is 9.68. The Labute approximate surface area is 144 Å². The summed E-state index contributed by atoms with van der Waals surface area (Å²) >= 11 is 0. The smallest absolute Gasteiger partial charge is 0.309 e. The van der Waals surface area contributed by atoms with Gasteiger partial charge in [0.15, 0.2) is 0 Å². The number of hydrogen-bond donors (Lipinski definition) is 2. The van der Waals surface area contributed by atoms with Gasteiger partial charge < -0.3 is 10.2 Å². The Balaban J connectivity index is 2.05. The maximum absolute atomic E-state index is 11.9. The summed E-state index contributed by atoms with van der Waals surface area (Å²) in [4.78, 5) is 23.6. The van der Waals surface area contributed by atoms with Crippen LogP contribution in [0.4, 0.5) is 0 Å². The predicted molar refractivity (Wildman–Crippen MR) is 91.5 cm³/mol. The van der Waals surface area contributed by atoms with Crippen molar-refractivity contribution in [3.63, 3.8) is 0 Å². The highest BCUT2D eigenvalue weighted by molar-refractivity contribution is 5.75. The Bertz CT molecular complexity index is 607. The highest BCUT2D eigenvalue weighted by Gasteiger charge is 2.63. The van der Waals surface area contributed by atoms with Gasteiger partial charge in [0.2, 0.25) is 0 Å². The highest BCUT2D eigenvalue weighted by atomic mass is 16.4. The molecule has 1 spiro atoms. The summed E-state index contributed by atoms with van der Waals surface area (Å²) in [7, 11) is 0. The number of rotatable bonds is 4. The van der Waals surface area contributed by atoms with Crippen LogP contribution in [0.25, 0.3) is 0 Å². The molecule has 5 atom stereocenters. The van der Waals surface area contributed by atoms with Crippen molar-refractivity contribution >= 4 is 11.9 Å². The van der Waals surface area contributed by atoms with Crippen LogP contribution in [0.1, 0.15) is 66.2 Å². The van der Waals surface area contributed by atoms with E-state index in [1.165, 1.54) is 0 Å². The lowest BCUT2D eigenvalue weighted by atomic mass is 9.43. The van der Waals surface area contributed by atoms with Crippen molar-refractivity contribution in [2.75, 3.05) is 0 Å². The molecule has 0 aromatic heterocycles. The van der Waals surface area contributed by atoms with Crippen LogP contribution in [0.5, 0.6) is 0 Å². The monoisotopic (exact) mass is 334 g/mol. The number of hydrogen-bond acceptors (Lipinski definition) is 2. The lowest BCUT2D eigenvalue weighted by Gasteiger charge is -2.61. The second kappa shape index (κ2) is 5.09. The van der Waals surface area contributed by atoms with Crippen LogP contribution in [-0.2, 0) is 9.59 Å². The van der Waals surface area contributed by atoms with Gasteiger partial charge in [0, 0.05) is 0 Å². The van der Waals surface area contributed by atoms with Crippen LogP contribution < -0.4 is 0 Å². The van der Waals surface area contributed by atoms with Crippen LogP contribution in [-0.4, -0.2) is 22.2 Å². The van der Waals surface area contributed by atoms with E-state index >= 15 is 0 Å². The molecule has 0 aromatic carbocycles. The molecule has 3 rings (SSSR count). The standard InChI is InChI=1S/C20H30O4/c1-17(2,16(23)24)13-6-8-20-10-9-18(3,12-20)7-5-14(20)19(13,4)11-15(21)22/h9-10,13-14H,5-8,11-12H2,1-4H3,(H,21,22)(H,23,24)/t13-,14+,18-,19-,20+/m1/s1. The van der Waals surface area contributed by atoms with Crippen molar-refractivity contribution < 1.29 is 19.8 Å². The molecule has 134 valence electrons. The first kappa shape index (κ1) is 17.5. The molecule has 0 aliphatic heterocycles. The molecule has 2 bridgehead atoms. The minimum atomic E-state index is -0.908. The first-order valence-electron chi connectivity index (χ1n) is 9.11. The SMILES string of the molecule is CC(C)(C(=O)O)[C@H]1CC[C@@]23C=C[C@@](C)(CC[C@H]2[C@]1(C)CC(=O)O)C3. The zero-order chi connectivity index (χ0) is 18.0. The summed E-state index contributed by atoms with van der Waals surface area (Å²) in [6, 6.07) is 0. The van der Waals surface area contributed by atoms with E-state index in [9.17, 15) is 19.8 Å². The molecule has 0 radical (unpaired) electrons. The van der Waals surface area contributed by atoms with Crippen molar-refractivity contribution in [2.45, 2.75) is 66.2 Å². The number of aliphatic carboxylic acids is 2. The van der Waals surface area contributed by atoms with E-state index in [1.807, 2.05) is 0 Å². The summed E-state index contributed by atoms with van der Waals surface area (Å²) in [6.45, 7) is 7.90. The van der Waals surface area contributed by atoms with Crippen LogP contribution in [0.2, 0.25) is 0 Å². The Morgan fingerprint density at radius 3 is 2.38 bits per heavy atom. The Morgan fingerprint density at radius 1 is 1.12 bits per heavy atom. The third-order valence-corrected chi connectivity index (χ3v) is 7.69. The van der Waals surface area contributed by atoms with E-state index in [4.69, 9.17) is 0 Å². The van der Waals surface area contributed by atoms with E-state index in [1.54, 1.807) is 13.8 Å². The van der Waals surface area contributed by atoms with Crippen LogP contribution >= 0.6 is 0 Å². The van der Waals surface area contributed by atoms with Gasteiger partial charge in [0.25, 0.3) is 0 Å². The molecule has 0 unspecified atom stereocenters. The van der Waals surface area contributed by atoms with E-state index in [0.717, 1.165) is 32.1 Å². The molecule has 3 aliphatic carbocycles. The van der Waals surface area contributed by atoms with Gasteiger partial charge in [-0.3, -0.25) is 9.59 Å². The third kappa shape index (κ3) is 2.33. The van der Waals surface area contributed by atoms with Crippen molar-refractivity contribution in [1.82, 2.24) is 0 Å². The largest absolute Gasteiger partial charge is 0.481 e. The van der Waals surface area contributed by atoms with Crippen molar-refractivity contribution in [3.8, 4) is 0 Å². The molecular weight excluding hydrogens is 304 g/mol. The fraction of sp³-hybridized carbons (Fsp3) is 0.800. The Hall–Kier alpha value is -1.32. The summed E-state index contributed by atoms with van der Waals surface area (Å²) < 4.78 is 0. The zero-order valence-electron chi connectivity index (χ0n) is 15.3. The van der Waals surface area contributed by atoms with E-state index in [0.29, 0.717) is 0 Å². The van der Waals surface area contributed by atoms with Crippen LogP contribution in [0.15, 0.2) is 12.2 Å². The number of fused-ring (bicyclic) bond motifs is 1. The lowest BCUT2D eigenvalue weighted by Crippen LogP contribution is -2.56. The average Bonchev–Trinajstić information content (AvgIpc) is 2.67. The first-order valence-corrected chi connectivity index (χ1v) is 9.11. The molecule has 3 aliphatic rings. The fourth-order valence-corrected chi connectivity index (χ4v) is 6.63. The lowest BCUT2D eigenvalue weighted by molar-refractivity contribution is -0.172. The van der Waals surface area contributed by atoms with Crippen molar-refractivity contribution in [1.29, 1.82) is 0 Å². The van der Waals surface area contributed by atoms with Gasteiger partial charge in [0.1, 0.15) is 0 Å². The van der Waals surface area contributed by atoms with Gasteiger partial charge >= 0.3 is 11.9 Å². The molecular formula is C20H30O4. The normalized spacial score (nSPS) is 44.2. The summed E-state index contributed by atoms with van der Waals surface area (Å²) in [6.07, 6.45) is 9.71. The Morgan fingerprint density at radius 2 is 1.79 bits per heavy atom. The second-order valence-electron chi connectivity index (χ2n) is 9.68. The van der Waals surface area contributed by atoms with Gasteiger partial charge in [-0.15, -0.1) is 0 Å². The number of carbonyl (C=O) groups is 2. The maximum Gasteiger partial charge on any atom is 0.309 e. The quantitative estimate of drug-likeness (QED) is 0.750. The number of carboxylic acids is 2. The third-order valence-electron chi connectivity index (χ3n) is 7.69. The van der Waals surface area contributed by atoms with Crippen molar-refractivity contribution in [2.24, 2.45) is 33.5 Å². The molecule has 0 heterocycles. The van der Waals surface area contributed by atoms with E-state index < -0.39 is 22.8 Å². The minimum absolute atomic E-state index is 0.0609. The van der Waals surface area contributed by atoms with Gasteiger partial charge in [-0.05, 0) is 74.0 Å². The predicted octanol–water partition coefficient (Wildman–Crippen LogP) is 4.35. The fourth-order valence-electron chi connectivity index (χ4n) is 6.63. The van der Waals surface area contributed by atoms with E-state index in [2.05, 4.69) is 26.0 Å². The van der Waals surface area contributed by atoms with Gasteiger partial charge in [0.05, 0.1) is 11.8 Å². The molecule has 0 amide bonds. The zero-order valence-corrected chi connectivity index (χ0v) is 15.3. The highest BCUT2D eigenvalue weighted by Crippen LogP contribution is 2.69. The molecule has 2 N–H and O–H groups in total. The summed E-state index contributed by atoms with van der Waals surface area (Å²) in [5, 5.41) is 19.4. The topological polar surface area (TPSA) is 74.6 Å². The van der Waals surface area contributed by atoms with Crippen LogP contribution in [0.3, 0.4) is 0 Å². The van der Waals surface area contributed by atoms with Crippen molar-refractivity contribution in [3.05, 3.63) is 12.2 Å². The average molecular weight is 334 g/mol. The van der Waals surface area contributed by atoms with Gasteiger partial charge in [-0.1, -0.05) is 26.0 Å². The molecule has 0 saturated heterocycles. The molecule has 2 saturated carbocycles. The minimum Gasteiger partial charge on any atom is -0.481 e. The summed E-state index contributed by atoms with van der Waals surface area (Å²) in [5.74, 6) is -1.49.